The zero-order valence-corrected chi connectivity index (χ0v) is 16.8. The van der Waals surface area contributed by atoms with Gasteiger partial charge in [-0.05, 0) is 0 Å². The van der Waals surface area contributed by atoms with Crippen LogP contribution in [-0.4, -0.2) is 15.0 Å². The number of oxazole rings is 3. The molecule has 0 bridgehead atoms. The summed E-state index contributed by atoms with van der Waals surface area (Å²) >= 11 is 0. The second-order valence-corrected chi connectivity index (χ2v) is 8.81. The van der Waals surface area contributed by atoms with E-state index >= 15 is 0 Å². The summed E-state index contributed by atoms with van der Waals surface area (Å²) in [6, 6.07) is 0. The van der Waals surface area contributed by atoms with Crippen molar-refractivity contribution < 1.29 is 13.3 Å². The van der Waals surface area contributed by atoms with Gasteiger partial charge in [0.15, 0.2) is 5.89 Å². The van der Waals surface area contributed by atoms with Crippen LogP contribution in [0.5, 0.6) is 0 Å². The maximum absolute atomic E-state index is 6.05. The molecule has 0 saturated carbocycles. The van der Waals surface area contributed by atoms with Gasteiger partial charge in [-0.25, -0.2) is 15.0 Å². The molecule has 3 rings (SSSR count). The number of nitrogens with zero attached hydrogens (tertiary/aromatic N) is 3. The Morgan fingerprint density at radius 1 is 0.846 bits per heavy atom. The van der Waals surface area contributed by atoms with Crippen LogP contribution in [-0.2, 0) is 16.2 Å². The van der Waals surface area contributed by atoms with Crippen molar-refractivity contribution in [3.8, 4) is 11.7 Å². The number of aryl methyl sites for hydroxylation is 1. The molecule has 0 unspecified atom stereocenters. The molecule has 0 aliphatic rings. The second-order valence-electron chi connectivity index (χ2n) is 8.81. The topological polar surface area (TPSA) is 78.1 Å². The third kappa shape index (κ3) is 2.97. The summed E-state index contributed by atoms with van der Waals surface area (Å²) < 4.78 is 17.4. The number of hydrogen-bond acceptors (Lipinski definition) is 6. The summed E-state index contributed by atoms with van der Waals surface area (Å²) in [4.78, 5) is 13.3. The fourth-order valence-corrected chi connectivity index (χ4v) is 2.62. The molecule has 0 aliphatic carbocycles. The highest BCUT2D eigenvalue weighted by Crippen LogP contribution is 2.44. The van der Waals surface area contributed by atoms with Gasteiger partial charge < -0.3 is 13.3 Å². The molecule has 0 amide bonds. The lowest BCUT2D eigenvalue weighted by atomic mass is 9.66. The zero-order chi connectivity index (χ0) is 19.3. The molecule has 0 radical (unpaired) electrons. The average molecular weight is 357 g/mol. The van der Waals surface area contributed by atoms with Crippen molar-refractivity contribution in [3.63, 3.8) is 0 Å². The molecule has 3 aromatic heterocycles. The highest BCUT2D eigenvalue weighted by molar-refractivity contribution is 5.43. The summed E-state index contributed by atoms with van der Waals surface area (Å²) in [5, 5.41) is 0. The standard InChI is InChI=1S/C20H27N3O3/c1-12-21-10-15(25-12)19(5,6)20(7,8)17-22-9-13(26-17)16-23-14(11-24-16)18(2,3)4/h9-11H,1-8H3. The molecule has 6 heteroatoms. The Morgan fingerprint density at radius 3 is 2.08 bits per heavy atom. The lowest BCUT2D eigenvalue weighted by molar-refractivity contribution is 0.208. The Morgan fingerprint density at radius 2 is 1.54 bits per heavy atom. The van der Waals surface area contributed by atoms with Gasteiger partial charge in [0.2, 0.25) is 11.7 Å². The maximum Gasteiger partial charge on any atom is 0.264 e. The summed E-state index contributed by atoms with van der Waals surface area (Å²) in [5.41, 5.74) is -0.0156. The lowest BCUT2D eigenvalue weighted by Gasteiger charge is -2.37. The van der Waals surface area contributed by atoms with Crippen LogP contribution in [0.25, 0.3) is 11.7 Å². The van der Waals surface area contributed by atoms with Crippen LogP contribution < -0.4 is 0 Å². The summed E-state index contributed by atoms with van der Waals surface area (Å²) in [6.07, 6.45) is 5.10. The Kier molecular flexibility index (Phi) is 4.13. The van der Waals surface area contributed by atoms with E-state index in [1.54, 1.807) is 18.7 Å². The molecule has 0 aromatic carbocycles. The molecule has 140 valence electrons. The van der Waals surface area contributed by atoms with Crippen LogP contribution in [0.15, 0.2) is 31.9 Å². The third-order valence-corrected chi connectivity index (χ3v) is 5.32. The molecule has 0 fully saturated rings. The molecule has 3 heterocycles. The van der Waals surface area contributed by atoms with Crippen LogP contribution in [0.1, 0.15) is 71.7 Å². The third-order valence-electron chi connectivity index (χ3n) is 5.32. The second kappa shape index (κ2) is 5.83. The van der Waals surface area contributed by atoms with Crippen LogP contribution in [0.4, 0.5) is 0 Å². The summed E-state index contributed by atoms with van der Waals surface area (Å²) in [6.45, 7) is 16.5. The van der Waals surface area contributed by atoms with E-state index < -0.39 is 5.41 Å². The van der Waals surface area contributed by atoms with Gasteiger partial charge in [0.1, 0.15) is 12.0 Å². The maximum atomic E-state index is 6.05. The van der Waals surface area contributed by atoms with E-state index in [1.165, 1.54) is 0 Å². The smallest absolute Gasteiger partial charge is 0.264 e. The van der Waals surface area contributed by atoms with Crippen LogP contribution in [0, 0.1) is 6.92 Å². The van der Waals surface area contributed by atoms with E-state index in [4.69, 9.17) is 13.3 Å². The van der Waals surface area contributed by atoms with E-state index in [9.17, 15) is 0 Å². The van der Waals surface area contributed by atoms with E-state index in [1.807, 2.05) is 6.92 Å². The fourth-order valence-electron chi connectivity index (χ4n) is 2.62. The molecule has 26 heavy (non-hydrogen) atoms. The molecule has 0 N–H and O–H groups in total. The Labute approximate surface area is 154 Å². The first-order valence-electron chi connectivity index (χ1n) is 8.78. The first-order valence-corrected chi connectivity index (χ1v) is 8.78. The highest BCUT2D eigenvalue weighted by Gasteiger charge is 2.46. The van der Waals surface area contributed by atoms with Crippen molar-refractivity contribution in [2.45, 2.75) is 71.6 Å². The van der Waals surface area contributed by atoms with E-state index in [0.29, 0.717) is 23.4 Å². The first-order chi connectivity index (χ1) is 11.9. The fraction of sp³-hybridized carbons (Fsp3) is 0.550. The van der Waals surface area contributed by atoms with E-state index in [0.717, 1.165) is 11.5 Å². The van der Waals surface area contributed by atoms with Crippen molar-refractivity contribution in [2.24, 2.45) is 0 Å². The highest BCUT2D eigenvalue weighted by atomic mass is 16.4. The minimum Gasteiger partial charge on any atom is -0.445 e. The van der Waals surface area contributed by atoms with Gasteiger partial charge in [-0.3, -0.25) is 0 Å². The van der Waals surface area contributed by atoms with Gasteiger partial charge in [-0.15, -0.1) is 0 Å². The number of rotatable bonds is 4. The normalized spacial score (nSPS) is 13.4. The molecule has 0 saturated heterocycles. The minimum atomic E-state index is -0.434. The summed E-state index contributed by atoms with van der Waals surface area (Å²) in [7, 11) is 0. The monoisotopic (exact) mass is 357 g/mol. The zero-order valence-electron chi connectivity index (χ0n) is 16.8. The molecule has 0 spiro atoms. The molecule has 3 aromatic rings. The molecule has 0 atom stereocenters. The molecular formula is C20H27N3O3. The van der Waals surface area contributed by atoms with Crippen molar-refractivity contribution in [2.75, 3.05) is 0 Å². The number of aromatic nitrogens is 3. The Balaban J connectivity index is 1.94. The van der Waals surface area contributed by atoms with Crippen molar-refractivity contribution >= 4 is 0 Å². The molecule has 0 aliphatic heterocycles. The van der Waals surface area contributed by atoms with Crippen LogP contribution >= 0.6 is 0 Å². The van der Waals surface area contributed by atoms with Gasteiger partial charge >= 0.3 is 0 Å². The first kappa shape index (κ1) is 18.4. The number of hydrogen-bond donors (Lipinski definition) is 0. The van der Waals surface area contributed by atoms with Crippen molar-refractivity contribution in [1.82, 2.24) is 15.0 Å². The van der Waals surface area contributed by atoms with Crippen molar-refractivity contribution in [3.05, 3.63) is 41.9 Å². The van der Waals surface area contributed by atoms with Crippen LogP contribution in [0.2, 0.25) is 0 Å². The Bertz CT molecular complexity index is 907. The Hall–Kier alpha value is -2.37. The predicted octanol–water partition coefficient (Wildman–Crippen LogP) is 5.18. The lowest BCUT2D eigenvalue weighted by Crippen LogP contribution is -2.40. The van der Waals surface area contributed by atoms with Gasteiger partial charge in [-0.2, -0.15) is 0 Å². The quantitative estimate of drug-likeness (QED) is 0.640. The van der Waals surface area contributed by atoms with Gasteiger partial charge in [0, 0.05) is 17.8 Å². The van der Waals surface area contributed by atoms with E-state index in [-0.39, 0.29) is 10.8 Å². The van der Waals surface area contributed by atoms with Crippen molar-refractivity contribution in [1.29, 1.82) is 0 Å². The largest absolute Gasteiger partial charge is 0.445 e. The van der Waals surface area contributed by atoms with E-state index in [2.05, 4.69) is 63.4 Å². The SMILES string of the molecule is Cc1ncc(C(C)(C)C(C)(C)c2ncc(-c3nc(C(C)(C)C)co3)o2)o1. The van der Waals surface area contributed by atoms with Crippen LogP contribution in [0.3, 0.4) is 0 Å². The van der Waals surface area contributed by atoms with Gasteiger partial charge in [0.05, 0.1) is 23.5 Å². The van der Waals surface area contributed by atoms with Gasteiger partial charge in [0.25, 0.3) is 5.89 Å². The van der Waals surface area contributed by atoms with Gasteiger partial charge in [-0.1, -0.05) is 48.5 Å². The molecule has 6 nitrogen and oxygen atoms in total. The summed E-state index contributed by atoms with van der Waals surface area (Å²) in [5.74, 6) is 3.00. The molecular weight excluding hydrogens is 330 g/mol. The average Bonchev–Trinajstić information content (AvgIpc) is 3.25. The minimum absolute atomic E-state index is 0.0873. The predicted molar refractivity (Wildman–Crippen MR) is 98.0 cm³/mol.